The molecular formula is C33H34N4O6. The predicted molar refractivity (Wildman–Crippen MR) is 161 cm³/mol. The molecule has 0 N–H and O–H groups in total. The van der Waals surface area contributed by atoms with E-state index in [1.807, 2.05) is 66.7 Å². The van der Waals surface area contributed by atoms with Crippen molar-refractivity contribution >= 4 is 23.5 Å². The third kappa shape index (κ3) is 6.69. The van der Waals surface area contributed by atoms with Gasteiger partial charge in [0.05, 0.1) is 25.1 Å². The quantitative estimate of drug-likeness (QED) is 0.262. The van der Waals surface area contributed by atoms with E-state index in [1.54, 1.807) is 41.8 Å². The van der Waals surface area contributed by atoms with Gasteiger partial charge in [-0.15, -0.1) is 0 Å². The van der Waals surface area contributed by atoms with Crippen molar-refractivity contribution in [3.8, 4) is 22.7 Å². The van der Waals surface area contributed by atoms with Gasteiger partial charge in [-0.05, 0) is 49.4 Å². The summed E-state index contributed by atoms with van der Waals surface area (Å²) in [6.45, 7) is 5.58. The van der Waals surface area contributed by atoms with E-state index in [0.717, 1.165) is 28.4 Å². The number of carbonyl (C=O) groups excluding carboxylic acids is 3. The number of benzene rings is 3. The Balaban J connectivity index is 1.31. The van der Waals surface area contributed by atoms with Crippen molar-refractivity contribution < 1.29 is 28.6 Å². The number of ether oxygens (including phenoxy) is 3. The average Bonchev–Trinajstić information content (AvgIpc) is 3.50. The predicted octanol–water partition coefficient (Wildman–Crippen LogP) is 4.68. The summed E-state index contributed by atoms with van der Waals surface area (Å²) in [4.78, 5) is 41.5. The molecule has 1 unspecified atom stereocenters. The number of esters is 2. The maximum absolute atomic E-state index is 13.3. The molecule has 1 fully saturated rings. The molecule has 0 aliphatic carbocycles. The van der Waals surface area contributed by atoms with Crippen molar-refractivity contribution in [2.45, 2.75) is 20.0 Å². The summed E-state index contributed by atoms with van der Waals surface area (Å²) in [6, 6.07) is 26.3. The van der Waals surface area contributed by atoms with Gasteiger partial charge in [-0.25, -0.2) is 9.48 Å². The topological polar surface area (TPSA) is 103 Å². The van der Waals surface area contributed by atoms with Crippen LogP contribution in [0.4, 0.5) is 5.69 Å². The van der Waals surface area contributed by atoms with E-state index in [9.17, 15) is 14.4 Å². The standard InChI is InChI=1S/C33H34N4O6/c1-4-42-33(40)29-22-30(37(34-29)27-14-16-28(41-3)17-15-27)24-10-12-26(13-11-24)35-18-20-36(21-19-35)32(39)31(43-23(2)38)25-8-6-5-7-9-25/h5-17,22,31H,4,18-21H2,1-3H3. The summed E-state index contributed by atoms with van der Waals surface area (Å²) in [6.07, 6.45) is -0.959. The number of piperazine rings is 1. The van der Waals surface area contributed by atoms with Gasteiger partial charge in [0.25, 0.3) is 5.91 Å². The molecule has 5 rings (SSSR count). The molecule has 3 aromatic carbocycles. The number of anilines is 1. The number of nitrogens with zero attached hydrogens (tertiary/aromatic N) is 4. The van der Waals surface area contributed by atoms with Gasteiger partial charge in [0, 0.05) is 49.9 Å². The van der Waals surface area contributed by atoms with E-state index in [4.69, 9.17) is 14.2 Å². The normalized spacial score (nSPS) is 13.7. The molecule has 0 spiro atoms. The van der Waals surface area contributed by atoms with E-state index in [2.05, 4.69) is 10.00 Å². The summed E-state index contributed by atoms with van der Waals surface area (Å²) in [5.41, 5.74) is 4.28. The fourth-order valence-corrected chi connectivity index (χ4v) is 5.06. The van der Waals surface area contributed by atoms with Crippen molar-refractivity contribution in [2.75, 3.05) is 44.8 Å². The first-order chi connectivity index (χ1) is 20.9. The van der Waals surface area contributed by atoms with Crippen LogP contribution in [-0.4, -0.2) is 72.4 Å². The molecule has 10 nitrogen and oxygen atoms in total. The molecule has 1 aromatic heterocycles. The Bertz CT molecular complexity index is 1560. The molecule has 222 valence electrons. The summed E-state index contributed by atoms with van der Waals surface area (Å²) < 4.78 is 17.6. The highest BCUT2D eigenvalue weighted by atomic mass is 16.5. The lowest BCUT2D eigenvalue weighted by molar-refractivity contribution is -0.159. The SMILES string of the molecule is CCOC(=O)c1cc(-c2ccc(N3CCN(C(=O)C(OC(C)=O)c4ccccc4)CC3)cc2)n(-c2ccc(OC)cc2)n1. The molecule has 0 saturated carbocycles. The summed E-state index contributed by atoms with van der Waals surface area (Å²) >= 11 is 0. The number of aromatic nitrogens is 2. The van der Waals surface area contributed by atoms with Crippen LogP contribution < -0.4 is 9.64 Å². The first kappa shape index (κ1) is 29.4. The highest BCUT2D eigenvalue weighted by Gasteiger charge is 2.31. The minimum atomic E-state index is -0.959. The maximum atomic E-state index is 13.3. The molecule has 0 bridgehead atoms. The Hall–Kier alpha value is -5.12. The smallest absolute Gasteiger partial charge is 0.358 e. The van der Waals surface area contributed by atoms with Gasteiger partial charge in [-0.3, -0.25) is 9.59 Å². The second-order valence-electron chi connectivity index (χ2n) is 10.0. The van der Waals surface area contributed by atoms with Gasteiger partial charge in [-0.1, -0.05) is 42.5 Å². The molecule has 0 radical (unpaired) electrons. The zero-order valence-electron chi connectivity index (χ0n) is 24.4. The lowest BCUT2D eigenvalue weighted by Crippen LogP contribution is -2.50. The molecule has 2 heterocycles. The number of methoxy groups -OCH3 is 1. The van der Waals surface area contributed by atoms with Crippen LogP contribution in [0.3, 0.4) is 0 Å². The Morgan fingerprint density at radius 1 is 0.860 bits per heavy atom. The molecule has 1 aliphatic heterocycles. The number of carbonyl (C=O) groups is 3. The van der Waals surface area contributed by atoms with Crippen molar-refractivity contribution in [2.24, 2.45) is 0 Å². The second kappa shape index (κ2) is 13.2. The van der Waals surface area contributed by atoms with Crippen LogP contribution in [0.2, 0.25) is 0 Å². The van der Waals surface area contributed by atoms with E-state index in [0.29, 0.717) is 31.7 Å². The van der Waals surface area contributed by atoms with Crippen LogP contribution in [0.5, 0.6) is 5.75 Å². The molecule has 1 atom stereocenters. The number of hydrogen-bond acceptors (Lipinski definition) is 8. The Labute approximate surface area is 250 Å². The summed E-state index contributed by atoms with van der Waals surface area (Å²) in [5.74, 6) is -0.483. The third-order valence-electron chi connectivity index (χ3n) is 7.24. The van der Waals surface area contributed by atoms with E-state index in [1.165, 1.54) is 6.92 Å². The minimum Gasteiger partial charge on any atom is -0.497 e. The van der Waals surface area contributed by atoms with E-state index in [-0.39, 0.29) is 18.2 Å². The van der Waals surface area contributed by atoms with E-state index < -0.39 is 18.0 Å². The Kier molecular flexibility index (Phi) is 9.05. The van der Waals surface area contributed by atoms with Crippen LogP contribution >= 0.6 is 0 Å². The fourth-order valence-electron chi connectivity index (χ4n) is 5.06. The molecule has 43 heavy (non-hydrogen) atoms. The molecule has 4 aromatic rings. The van der Waals surface area contributed by atoms with Gasteiger partial charge in [0.1, 0.15) is 5.75 Å². The third-order valence-corrected chi connectivity index (χ3v) is 7.24. The highest BCUT2D eigenvalue weighted by molar-refractivity contribution is 5.89. The van der Waals surface area contributed by atoms with Gasteiger partial charge < -0.3 is 24.0 Å². The van der Waals surface area contributed by atoms with Crippen molar-refractivity contribution in [3.63, 3.8) is 0 Å². The van der Waals surface area contributed by atoms with E-state index >= 15 is 0 Å². The van der Waals surface area contributed by atoms with Crippen LogP contribution in [0, 0.1) is 0 Å². The summed E-state index contributed by atoms with van der Waals surface area (Å²) in [7, 11) is 1.61. The molecular weight excluding hydrogens is 548 g/mol. The van der Waals surface area contributed by atoms with Gasteiger partial charge in [-0.2, -0.15) is 5.10 Å². The maximum Gasteiger partial charge on any atom is 0.358 e. The van der Waals surface area contributed by atoms with Gasteiger partial charge >= 0.3 is 11.9 Å². The monoisotopic (exact) mass is 582 g/mol. The van der Waals surface area contributed by atoms with Gasteiger partial charge in [0.15, 0.2) is 5.69 Å². The van der Waals surface area contributed by atoms with Crippen LogP contribution in [-0.2, 0) is 19.1 Å². The van der Waals surface area contributed by atoms with Crippen LogP contribution in [0.25, 0.3) is 16.9 Å². The molecule has 1 amide bonds. The lowest BCUT2D eigenvalue weighted by atomic mass is 10.1. The molecule has 10 heteroatoms. The summed E-state index contributed by atoms with van der Waals surface area (Å²) in [5, 5.41) is 4.54. The van der Waals surface area contributed by atoms with Crippen molar-refractivity contribution in [1.29, 1.82) is 0 Å². The van der Waals surface area contributed by atoms with Crippen LogP contribution in [0.1, 0.15) is 36.0 Å². The first-order valence-corrected chi connectivity index (χ1v) is 14.2. The average molecular weight is 583 g/mol. The first-order valence-electron chi connectivity index (χ1n) is 14.2. The number of rotatable bonds is 9. The number of amides is 1. The zero-order chi connectivity index (χ0) is 30.3. The lowest BCUT2D eigenvalue weighted by Gasteiger charge is -2.37. The fraction of sp³-hybridized carbons (Fsp3) is 0.273. The second-order valence-corrected chi connectivity index (χ2v) is 10.0. The van der Waals surface area contributed by atoms with Crippen molar-refractivity contribution in [3.05, 3.63) is 96.2 Å². The largest absolute Gasteiger partial charge is 0.497 e. The Morgan fingerprint density at radius 2 is 1.51 bits per heavy atom. The highest BCUT2D eigenvalue weighted by Crippen LogP contribution is 2.29. The minimum absolute atomic E-state index is 0.222. The Morgan fingerprint density at radius 3 is 2.12 bits per heavy atom. The number of hydrogen-bond donors (Lipinski definition) is 0. The zero-order valence-corrected chi connectivity index (χ0v) is 24.4. The molecule has 1 saturated heterocycles. The molecule has 1 aliphatic rings. The van der Waals surface area contributed by atoms with Crippen molar-refractivity contribution in [1.82, 2.24) is 14.7 Å². The van der Waals surface area contributed by atoms with Crippen LogP contribution in [0.15, 0.2) is 84.9 Å². The van der Waals surface area contributed by atoms with Gasteiger partial charge in [0.2, 0.25) is 6.10 Å².